The molecule has 82 valence electrons. The van der Waals surface area contributed by atoms with Gasteiger partial charge in [0.25, 0.3) is 0 Å². The normalized spacial score (nSPS) is 10.9. The number of H-pyrrole nitrogens is 1. The molecule has 2 rings (SSSR count). The van der Waals surface area contributed by atoms with Crippen LogP contribution in [-0.2, 0) is 11.3 Å². The SMILES string of the molecule is CC(C)OCc1nc2ccc(C#N)cc2[nH]1. The molecule has 0 saturated heterocycles. The average molecular weight is 215 g/mol. The third kappa shape index (κ3) is 2.20. The Labute approximate surface area is 93.9 Å². The fourth-order valence-corrected chi connectivity index (χ4v) is 1.45. The molecule has 0 atom stereocenters. The maximum atomic E-state index is 8.77. The van der Waals surface area contributed by atoms with E-state index in [2.05, 4.69) is 16.0 Å². The van der Waals surface area contributed by atoms with Gasteiger partial charge in [-0.25, -0.2) is 4.98 Å². The molecule has 0 bridgehead atoms. The number of benzene rings is 1. The molecule has 1 aromatic heterocycles. The zero-order valence-electron chi connectivity index (χ0n) is 9.32. The predicted octanol–water partition coefficient (Wildman–Crippen LogP) is 2.36. The lowest BCUT2D eigenvalue weighted by atomic mass is 10.2. The zero-order chi connectivity index (χ0) is 11.5. The number of hydrogen-bond acceptors (Lipinski definition) is 3. The maximum Gasteiger partial charge on any atom is 0.133 e. The van der Waals surface area contributed by atoms with E-state index in [0.29, 0.717) is 12.2 Å². The summed E-state index contributed by atoms with van der Waals surface area (Å²) >= 11 is 0. The van der Waals surface area contributed by atoms with Crippen LogP contribution in [0.5, 0.6) is 0 Å². The van der Waals surface area contributed by atoms with Crippen LogP contribution in [0.3, 0.4) is 0 Å². The molecule has 2 aromatic rings. The fraction of sp³-hybridized carbons (Fsp3) is 0.333. The first-order valence-electron chi connectivity index (χ1n) is 5.19. The molecule has 0 spiro atoms. The van der Waals surface area contributed by atoms with E-state index >= 15 is 0 Å². The summed E-state index contributed by atoms with van der Waals surface area (Å²) < 4.78 is 5.46. The molecule has 0 aliphatic heterocycles. The van der Waals surface area contributed by atoms with Crippen molar-refractivity contribution in [3.8, 4) is 6.07 Å². The van der Waals surface area contributed by atoms with E-state index in [1.807, 2.05) is 19.9 Å². The Balaban J connectivity index is 2.26. The largest absolute Gasteiger partial charge is 0.371 e. The average Bonchev–Trinajstić information content (AvgIpc) is 2.67. The highest BCUT2D eigenvalue weighted by Crippen LogP contribution is 2.14. The Morgan fingerprint density at radius 2 is 2.31 bits per heavy atom. The van der Waals surface area contributed by atoms with Crippen LogP contribution in [0, 0.1) is 11.3 Å². The van der Waals surface area contributed by atoms with Gasteiger partial charge in [0, 0.05) is 0 Å². The van der Waals surface area contributed by atoms with E-state index in [4.69, 9.17) is 10.00 Å². The Morgan fingerprint density at radius 3 is 3.00 bits per heavy atom. The first-order valence-corrected chi connectivity index (χ1v) is 5.19. The molecule has 0 fully saturated rings. The summed E-state index contributed by atoms with van der Waals surface area (Å²) in [6.45, 7) is 4.43. The summed E-state index contributed by atoms with van der Waals surface area (Å²) in [5.74, 6) is 0.791. The van der Waals surface area contributed by atoms with Gasteiger partial charge in [-0.1, -0.05) is 0 Å². The summed E-state index contributed by atoms with van der Waals surface area (Å²) in [5, 5.41) is 8.77. The van der Waals surface area contributed by atoms with Gasteiger partial charge in [0.15, 0.2) is 0 Å². The Bertz CT molecular complexity index is 537. The molecule has 4 heteroatoms. The molecule has 0 saturated carbocycles. The number of hydrogen-bond donors (Lipinski definition) is 1. The van der Waals surface area contributed by atoms with Crippen molar-refractivity contribution in [1.29, 1.82) is 5.26 Å². The van der Waals surface area contributed by atoms with Crippen molar-refractivity contribution in [2.45, 2.75) is 26.6 Å². The molecule has 1 aromatic carbocycles. The van der Waals surface area contributed by atoms with Crippen molar-refractivity contribution < 1.29 is 4.74 Å². The van der Waals surface area contributed by atoms with Crippen molar-refractivity contribution in [2.24, 2.45) is 0 Å². The Kier molecular flexibility index (Phi) is 2.88. The highest BCUT2D eigenvalue weighted by Gasteiger charge is 2.04. The maximum absolute atomic E-state index is 8.77. The first-order chi connectivity index (χ1) is 7.69. The molecule has 16 heavy (non-hydrogen) atoms. The molecule has 0 unspecified atom stereocenters. The van der Waals surface area contributed by atoms with Crippen LogP contribution in [0.1, 0.15) is 25.2 Å². The molecular formula is C12H13N3O. The second-order valence-electron chi connectivity index (χ2n) is 3.89. The second-order valence-corrected chi connectivity index (χ2v) is 3.89. The van der Waals surface area contributed by atoms with Crippen molar-refractivity contribution in [1.82, 2.24) is 9.97 Å². The molecule has 1 N–H and O–H groups in total. The van der Waals surface area contributed by atoms with E-state index in [9.17, 15) is 0 Å². The van der Waals surface area contributed by atoms with Gasteiger partial charge in [0.1, 0.15) is 12.4 Å². The topological polar surface area (TPSA) is 61.7 Å². The highest BCUT2D eigenvalue weighted by molar-refractivity contribution is 5.76. The zero-order valence-corrected chi connectivity index (χ0v) is 9.32. The molecule has 0 aliphatic rings. The third-order valence-electron chi connectivity index (χ3n) is 2.21. The summed E-state index contributed by atoms with van der Waals surface area (Å²) in [7, 11) is 0. The van der Waals surface area contributed by atoms with Gasteiger partial charge in [-0.2, -0.15) is 5.26 Å². The minimum Gasteiger partial charge on any atom is -0.371 e. The van der Waals surface area contributed by atoms with Gasteiger partial charge in [0.2, 0.25) is 0 Å². The quantitative estimate of drug-likeness (QED) is 0.854. The number of rotatable bonds is 3. The number of imidazole rings is 1. The lowest BCUT2D eigenvalue weighted by Crippen LogP contribution is -2.03. The van der Waals surface area contributed by atoms with Gasteiger partial charge in [-0.05, 0) is 32.0 Å². The third-order valence-corrected chi connectivity index (χ3v) is 2.21. The molecule has 1 heterocycles. The van der Waals surface area contributed by atoms with Gasteiger partial charge < -0.3 is 9.72 Å². The van der Waals surface area contributed by atoms with Gasteiger partial charge in [0.05, 0.1) is 28.8 Å². The number of nitrogens with one attached hydrogen (secondary N) is 1. The number of aromatic nitrogens is 2. The Hall–Kier alpha value is -1.86. The van der Waals surface area contributed by atoms with Crippen molar-refractivity contribution in [2.75, 3.05) is 0 Å². The van der Waals surface area contributed by atoms with Crippen LogP contribution >= 0.6 is 0 Å². The van der Waals surface area contributed by atoms with Crippen molar-refractivity contribution in [3.63, 3.8) is 0 Å². The lowest BCUT2D eigenvalue weighted by molar-refractivity contribution is 0.0618. The summed E-state index contributed by atoms with van der Waals surface area (Å²) in [6.07, 6.45) is 0.183. The van der Waals surface area contributed by atoms with Crippen LogP contribution in [0.25, 0.3) is 11.0 Å². The number of fused-ring (bicyclic) bond motifs is 1. The standard InChI is InChI=1S/C12H13N3O/c1-8(2)16-7-12-14-10-4-3-9(6-13)5-11(10)15-12/h3-5,8H,7H2,1-2H3,(H,14,15). The van der Waals surface area contributed by atoms with Crippen LogP contribution in [-0.4, -0.2) is 16.1 Å². The summed E-state index contributed by atoms with van der Waals surface area (Å²) in [6, 6.07) is 7.49. The van der Waals surface area contributed by atoms with Crippen LogP contribution in [0.15, 0.2) is 18.2 Å². The molecular weight excluding hydrogens is 202 g/mol. The first kappa shape index (κ1) is 10.7. The fourth-order valence-electron chi connectivity index (χ4n) is 1.45. The summed E-state index contributed by atoms with van der Waals surface area (Å²) in [5.41, 5.74) is 2.37. The second kappa shape index (κ2) is 4.33. The van der Waals surface area contributed by atoms with E-state index in [1.165, 1.54) is 0 Å². The van der Waals surface area contributed by atoms with Crippen LogP contribution < -0.4 is 0 Å². The highest BCUT2D eigenvalue weighted by atomic mass is 16.5. The van der Waals surface area contributed by atoms with Crippen molar-refractivity contribution in [3.05, 3.63) is 29.6 Å². The molecule has 4 nitrogen and oxygen atoms in total. The smallest absolute Gasteiger partial charge is 0.133 e. The van der Waals surface area contributed by atoms with Gasteiger partial charge >= 0.3 is 0 Å². The minimum atomic E-state index is 0.183. The monoisotopic (exact) mass is 215 g/mol. The number of nitriles is 1. The van der Waals surface area contributed by atoms with E-state index in [0.717, 1.165) is 16.9 Å². The predicted molar refractivity (Wildman–Crippen MR) is 60.7 cm³/mol. The number of ether oxygens (including phenoxy) is 1. The van der Waals surface area contributed by atoms with Gasteiger partial charge in [-0.15, -0.1) is 0 Å². The molecule has 0 radical (unpaired) electrons. The number of nitrogens with zero attached hydrogens (tertiary/aromatic N) is 2. The van der Waals surface area contributed by atoms with E-state index in [1.54, 1.807) is 12.1 Å². The van der Waals surface area contributed by atoms with Crippen LogP contribution in [0.2, 0.25) is 0 Å². The van der Waals surface area contributed by atoms with E-state index < -0.39 is 0 Å². The molecule has 0 amide bonds. The number of aromatic amines is 1. The van der Waals surface area contributed by atoms with Crippen molar-refractivity contribution >= 4 is 11.0 Å². The minimum absolute atomic E-state index is 0.183. The Morgan fingerprint density at radius 1 is 1.50 bits per heavy atom. The van der Waals surface area contributed by atoms with E-state index in [-0.39, 0.29) is 6.10 Å². The van der Waals surface area contributed by atoms with Gasteiger partial charge in [-0.3, -0.25) is 0 Å². The van der Waals surface area contributed by atoms with Crippen LogP contribution in [0.4, 0.5) is 0 Å². The summed E-state index contributed by atoms with van der Waals surface area (Å²) in [4.78, 5) is 7.51. The lowest BCUT2D eigenvalue weighted by Gasteiger charge is -2.03. The molecule has 0 aliphatic carbocycles.